The number of sulfonamides is 1. The van der Waals surface area contributed by atoms with Gasteiger partial charge in [0.2, 0.25) is 21.8 Å². The number of hydrogen-bond acceptors (Lipinski definition) is 4. The molecular formula is C21H25N3O4S. The van der Waals surface area contributed by atoms with Crippen LogP contribution in [0.2, 0.25) is 0 Å². The maximum atomic E-state index is 12.5. The molecule has 1 fully saturated rings. The van der Waals surface area contributed by atoms with E-state index in [-0.39, 0.29) is 29.7 Å². The number of rotatable bonds is 7. The molecule has 1 heterocycles. The van der Waals surface area contributed by atoms with Gasteiger partial charge in [-0.15, -0.1) is 0 Å². The predicted molar refractivity (Wildman–Crippen MR) is 112 cm³/mol. The molecule has 7 nitrogen and oxygen atoms in total. The summed E-state index contributed by atoms with van der Waals surface area (Å²) in [5.74, 6) is -0.184. The van der Waals surface area contributed by atoms with Crippen LogP contribution in [0.25, 0.3) is 0 Å². The third-order valence-electron chi connectivity index (χ3n) is 4.81. The molecule has 2 aromatic rings. The highest BCUT2D eigenvalue weighted by Gasteiger charge is 2.21. The molecule has 1 aliphatic rings. The molecule has 8 heteroatoms. The zero-order valence-electron chi connectivity index (χ0n) is 16.6. The Kier molecular flexibility index (Phi) is 6.34. The molecule has 154 valence electrons. The normalized spacial score (nSPS) is 14.3. The molecule has 1 saturated heterocycles. The Labute approximate surface area is 171 Å². The number of anilines is 2. The van der Waals surface area contributed by atoms with E-state index in [0.717, 1.165) is 17.7 Å². The van der Waals surface area contributed by atoms with Crippen LogP contribution in [0, 0.1) is 13.8 Å². The number of hydrogen-bond donors (Lipinski definition) is 2. The molecule has 2 N–H and O–H groups in total. The molecule has 0 atom stereocenters. The highest BCUT2D eigenvalue weighted by Crippen LogP contribution is 2.23. The Bertz CT molecular complexity index is 1020. The molecule has 0 spiro atoms. The summed E-state index contributed by atoms with van der Waals surface area (Å²) in [6.45, 7) is 4.28. The monoisotopic (exact) mass is 415 g/mol. The molecule has 0 radical (unpaired) electrons. The second kappa shape index (κ2) is 8.75. The Hall–Kier alpha value is -2.71. The average molecular weight is 416 g/mol. The van der Waals surface area contributed by atoms with Crippen LogP contribution >= 0.6 is 0 Å². The van der Waals surface area contributed by atoms with Gasteiger partial charge in [0.25, 0.3) is 0 Å². The zero-order chi connectivity index (χ0) is 21.0. The third-order valence-corrected chi connectivity index (χ3v) is 6.42. The van der Waals surface area contributed by atoms with Crippen molar-refractivity contribution in [3.63, 3.8) is 0 Å². The van der Waals surface area contributed by atoms with E-state index in [9.17, 15) is 18.0 Å². The lowest BCUT2D eigenvalue weighted by Crippen LogP contribution is -2.28. The summed E-state index contributed by atoms with van der Waals surface area (Å²) in [5.41, 5.74) is 2.92. The first kappa shape index (κ1) is 21.0. The maximum absolute atomic E-state index is 12.5. The van der Waals surface area contributed by atoms with E-state index >= 15 is 0 Å². The van der Waals surface area contributed by atoms with Crippen molar-refractivity contribution in [3.05, 3.63) is 53.6 Å². The van der Waals surface area contributed by atoms with Crippen LogP contribution < -0.4 is 14.9 Å². The van der Waals surface area contributed by atoms with Gasteiger partial charge in [-0.1, -0.05) is 12.1 Å². The van der Waals surface area contributed by atoms with E-state index in [1.165, 1.54) is 0 Å². The zero-order valence-corrected chi connectivity index (χ0v) is 17.4. The fourth-order valence-corrected chi connectivity index (χ4v) is 4.60. The minimum atomic E-state index is -3.67. The number of carbonyl (C=O) groups is 2. The van der Waals surface area contributed by atoms with Gasteiger partial charge in [0.05, 0.1) is 4.90 Å². The fourth-order valence-electron chi connectivity index (χ4n) is 3.24. The topological polar surface area (TPSA) is 95.6 Å². The van der Waals surface area contributed by atoms with Gasteiger partial charge < -0.3 is 10.2 Å². The second-order valence-electron chi connectivity index (χ2n) is 7.16. The summed E-state index contributed by atoms with van der Waals surface area (Å²) in [7, 11) is -3.67. The number of amides is 2. The first-order chi connectivity index (χ1) is 13.8. The van der Waals surface area contributed by atoms with Crippen molar-refractivity contribution in [1.82, 2.24) is 4.72 Å². The van der Waals surface area contributed by atoms with Crippen LogP contribution in [0.1, 0.15) is 30.4 Å². The lowest BCUT2D eigenvalue weighted by atomic mass is 10.2. The Balaban J connectivity index is 1.52. The van der Waals surface area contributed by atoms with Gasteiger partial charge >= 0.3 is 0 Å². The Morgan fingerprint density at radius 1 is 1.10 bits per heavy atom. The summed E-state index contributed by atoms with van der Waals surface area (Å²) in [6, 6.07) is 12.3. The van der Waals surface area contributed by atoms with Crippen LogP contribution in [0.15, 0.2) is 47.4 Å². The first-order valence-corrected chi connectivity index (χ1v) is 11.0. The third kappa shape index (κ3) is 5.21. The van der Waals surface area contributed by atoms with Gasteiger partial charge in [-0.25, -0.2) is 13.1 Å². The number of nitrogens with zero attached hydrogens (tertiary/aromatic N) is 1. The number of aryl methyl sites for hydroxylation is 2. The highest BCUT2D eigenvalue weighted by molar-refractivity contribution is 7.89. The van der Waals surface area contributed by atoms with Gasteiger partial charge in [-0.05, 0) is 61.7 Å². The average Bonchev–Trinajstić information content (AvgIpc) is 3.10. The first-order valence-electron chi connectivity index (χ1n) is 9.53. The van der Waals surface area contributed by atoms with Crippen LogP contribution in [0.4, 0.5) is 11.4 Å². The Morgan fingerprint density at radius 2 is 1.83 bits per heavy atom. The molecule has 1 aliphatic heterocycles. The van der Waals surface area contributed by atoms with Gasteiger partial charge in [-0.3, -0.25) is 9.59 Å². The standard InChI is InChI=1S/C21H25N3O4S/c1-15-5-6-16(2)19(14-15)29(27,28)22-12-11-20(25)23-17-7-9-18(10-8-17)24-13-3-4-21(24)26/h5-10,14,22H,3-4,11-13H2,1-2H3,(H,23,25). The molecule has 0 bridgehead atoms. The largest absolute Gasteiger partial charge is 0.326 e. The molecule has 0 unspecified atom stereocenters. The van der Waals surface area contributed by atoms with Crippen LogP contribution in [0.5, 0.6) is 0 Å². The fraction of sp³-hybridized carbons (Fsp3) is 0.333. The van der Waals surface area contributed by atoms with Crippen molar-refractivity contribution in [1.29, 1.82) is 0 Å². The molecule has 2 amide bonds. The van der Waals surface area contributed by atoms with Crippen molar-refractivity contribution in [2.75, 3.05) is 23.3 Å². The van der Waals surface area contributed by atoms with Gasteiger partial charge in [-0.2, -0.15) is 0 Å². The number of benzene rings is 2. The Morgan fingerprint density at radius 3 is 2.48 bits per heavy atom. The SMILES string of the molecule is Cc1ccc(C)c(S(=O)(=O)NCCC(=O)Nc2ccc(N3CCCC3=O)cc2)c1. The molecule has 0 aromatic heterocycles. The minimum absolute atomic E-state index is 0.00190. The predicted octanol–water partition coefficient (Wildman–Crippen LogP) is 2.74. The quantitative estimate of drug-likeness (QED) is 0.727. The highest BCUT2D eigenvalue weighted by atomic mass is 32.2. The molecular weight excluding hydrogens is 390 g/mol. The van der Waals surface area contributed by atoms with Crippen molar-refractivity contribution in [2.24, 2.45) is 0 Å². The van der Waals surface area contributed by atoms with Gasteiger partial charge in [0.1, 0.15) is 0 Å². The van der Waals surface area contributed by atoms with Crippen LogP contribution in [-0.4, -0.2) is 33.3 Å². The molecule has 3 rings (SSSR count). The summed E-state index contributed by atoms with van der Waals surface area (Å²) in [6.07, 6.45) is 1.43. The number of nitrogens with one attached hydrogen (secondary N) is 2. The van der Waals surface area contributed by atoms with E-state index in [2.05, 4.69) is 10.0 Å². The van der Waals surface area contributed by atoms with E-state index in [1.54, 1.807) is 48.2 Å². The summed E-state index contributed by atoms with van der Waals surface area (Å²) in [5, 5.41) is 2.74. The lowest BCUT2D eigenvalue weighted by molar-refractivity contribution is -0.117. The van der Waals surface area contributed by atoms with E-state index in [4.69, 9.17) is 0 Å². The molecule has 0 aliphatic carbocycles. The van der Waals surface area contributed by atoms with Gasteiger partial charge in [0.15, 0.2) is 0 Å². The van der Waals surface area contributed by atoms with Crippen LogP contribution in [0.3, 0.4) is 0 Å². The summed E-state index contributed by atoms with van der Waals surface area (Å²) in [4.78, 5) is 25.9. The smallest absolute Gasteiger partial charge is 0.240 e. The van der Waals surface area contributed by atoms with Crippen molar-refractivity contribution < 1.29 is 18.0 Å². The van der Waals surface area contributed by atoms with Gasteiger partial charge in [0, 0.05) is 37.3 Å². The lowest BCUT2D eigenvalue weighted by Gasteiger charge is -2.16. The van der Waals surface area contributed by atoms with Crippen molar-refractivity contribution in [3.8, 4) is 0 Å². The number of carbonyl (C=O) groups excluding carboxylic acids is 2. The van der Waals surface area contributed by atoms with E-state index in [0.29, 0.717) is 24.2 Å². The molecule has 29 heavy (non-hydrogen) atoms. The summed E-state index contributed by atoms with van der Waals surface area (Å²) >= 11 is 0. The molecule has 2 aromatic carbocycles. The second-order valence-corrected chi connectivity index (χ2v) is 8.90. The van der Waals surface area contributed by atoms with Crippen molar-refractivity contribution >= 4 is 33.2 Å². The van der Waals surface area contributed by atoms with E-state index < -0.39 is 10.0 Å². The van der Waals surface area contributed by atoms with Crippen LogP contribution in [-0.2, 0) is 19.6 Å². The summed E-state index contributed by atoms with van der Waals surface area (Å²) < 4.78 is 27.4. The molecule has 0 saturated carbocycles. The van der Waals surface area contributed by atoms with Crippen molar-refractivity contribution in [2.45, 2.75) is 38.0 Å². The van der Waals surface area contributed by atoms with E-state index in [1.807, 2.05) is 13.0 Å². The minimum Gasteiger partial charge on any atom is -0.326 e. The maximum Gasteiger partial charge on any atom is 0.240 e.